The summed E-state index contributed by atoms with van der Waals surface area (Å²) in [6.45, 7) is 12.2. The van der Waals surface area contributed by atoms with Crippen molar-refractivity contribution in [2.45, 2.75) is 72.4 Å². The van der Waals surface area contributed by atoms with Gasteiger partial charge in [-0.05, 0) is 70.8 Å². The fourth-order valence-electron chi connectivity index (χ4n) is 5.84. The molecule has 0 aliphatic carbocycles. The molecular weight excluding hydrogens is 596 g/mol. The summed E-state index contributed by atoms with van der Waals surface area (Å²) in [6.07, 6.45) is 7.00. The lowest BCUT2D eigenvalue weighted by molar-refractivity contribution is 0.262. The first-order chi connectivity index (χ1) is 23.3. The molecule has 0 aliphatic rings. The fourth-order valence-corrected chi connectivity index (χ4v) is 5.84. The number of nitrogens with one attached hydrogen (secondary N) is 3. The number of pyridine rings is 3. The minimum Gasteiger partial charge on any atom is -0.307 e. The van der Waals surface area contributed by atoms with E-state index in [-0.39, 0.29) is 23.1 Å². The number of carbonyl (C=O) groups excluding carboxylic acids is 1. The molecule has 3 N–H and O–H groups in total. The van der Waals surface area contributed by atoms with Crippen molar-refractivity contribution in [3.8, 4) is 23.0 Å². The molecule has 0 aliphatic heterocycles. The van der Waals surface area contributed by atoms with E-state index in [2.05, 4.69) is 72.4 Å². The number of aromatic nitrogens is 3. The third-order valence-electron chi connectivity index (χ3n) is 8.26. The number of para-hydroxylation sites is 1. The third-order valence-corrected chi connectivity index (χ3v) is 8.26. The average molecular weight is 641 g/mol. The number of hydrogen-bond acceptors (Lipinski definition) is 5. The quantitative estimate of drug-likeness (QED) is 0.0996. The second kappa shape index (κ2) is 16.0. The summed E-state index contributed by atoms with van der Waals surface area (Å²) in [5.74, 6) is 6.83. The van der Waals surface area contributed by atoms with Gasteiger partial charge in [0.15, 0.2) is 0 Å². The highest BCUT2D eigenvalue weighted by molar-refractivity contribution is 6.07. The van der Waals surface area contributed by atoms with Gasteiger partial charge in [0.2, 0.25) is 0 Å². The van der Waals surface area contributed by atoms with E-state index >= 15 is 0 Å². The lowest BCUT2D eigenvalue weighted by atomic mass is 9.93. The summed E-state index contributed by atoms with van der Waals surface area (Å²) in [6, 6.07) is 21.1. The molecule has 8 heteroatoms. The first-order valence-electron chi connectivity index (χ1n) is 16.7. The molecule has 5 aromatic rings. The Morgan fingerprint density at radius 2 is 1.62 bits per heavy atom. The SMILES string of the molecule is CCCCn1c(=O)c(NC(=O)Nc2c(C(C)C)cccc2C(C)C)c(-c2cccc(C#CCNCc3cccnc3)c2)c2cccnc21. The van der Waals surface area contributed by atoms with Gasteiger partial charge >= 0.3 is 6.03 Å². The number of benzene rings is 2. The van der Waals surface area contributed by atoms with Gasteiger partial charge in [-0.1, -0.05) is 89.3 Å². The van der Waals surface area contributed by atoms with Crippen LogP contribution in [0.2, 0.25) is 0 Å². The van der Waals surface area contributed by atoms with Crippen LogP contribution in [-0.4, -0.2) is 27.1 Å². The second-order valence-corrected chi connectivity index (χ2v) is 12.5. The zero-order valence-electron chi connectivity index (χ0n) is 28.4. The Bertz CT molecular complexity index is 1980. The minimum atomic E-state index is -0.468. The number of nitrogens with zero attached hydrogens (tertiary/aromatic N) is 3. The van der Waals surface area contributed by atoms with E-state index in [1.807, 2.05) is 72.9 Å². The van der Waals surface area contributed by atoms with Gasteiger partial charge in [0.1, 0.15) is 11.3 Å². The Hall–Kier alpha value is -5.26. The van der Waals surface area contributed by atoms with Crippen LogP contribution in [0, 0.1) is 11.8 Å². The zero-order valence-corrected chi connectivity index (χ0v) is 28.4. The van der Waals surface area contributed by atoms with Gasteiger partial charge in [-0.15, -0.1) is 0 Å². The molecule has 48 heavy (non-hydrogen) atoms. The van der Waals surface area contributed by atoms with Crippen LogP contribution in [0.3, 0.4) is 0 Å². The molecule has 246 valence electrons. The number of anilines is 2. The maximum atomic E-state index is 14.3. The van der Waals surface area contributed by atoms with Crippen LogP contribution in [0.15, 0.2) is 90.1 Å². The molecule has 0 saturated heterocycles. The smallest absolute Gasteiger partial charge is 0.307 e. The monoisotopic (exact) mass is 640 g/mol. The Morgan fingerprint density at radius 1 is 0.896 bits per heavy atom. The van der Waals surface area contributed by atoms with Crippen molar-refractivity contribution in [1.82, 2.24) is 19.9 Å². The second-order valence-electron chi connectivity index (χ2n) is 12.5. The number of carbonyl (C=O) groups is 1. The molecule has 0 unspecified atom stereocenters. The van der Waals surface area contributed by atoms with Gasteiger partial charge in [0.05, 0.1) is 6.54 Å². The van der Waals surface area contributed by atoms with E-state index < -0.39 is 6.03 Å². The molecule has 3 aromatic heterocycles. The zero-order chi connectivity index (χ0) is 34.0. The van der Waals surface area contributed by atoms with Gasteiger partial charge < -0.3 is 16.0 Å². The molecule has 0 bridgehead atoms. The average Bonchev–Trinajstić information content (AvgIpc) is 3.08. The maximum Gasteiger partial charge on any atom is 0.323 e. The number of fused-ring (bicyclic) bond motifs is 1. The lowest BCUT2D eigenvalue weighted by Gasteiger charge is -2.21. The summed E-state index contributed by atoms with van der Waals surface area (Å²) in [4.78, 5) is 37.0. The van der Waals surface area contributed by atoms with Gasteiger partial charge in [-0.25, -0.2) is 9.78 Å². The van der Waals surface area contributed by atoms with Crippen LogP contribution in [-0.2, 0) is 13.1 Å². The van der Waals surface area contributed by atoms with Crippen LogP contribution in [0.1, 0.15) is 81.5 Å². The van der Waals surface area contributed by atoms with Crippen molar-refractivity contribution >= 4 is 28.4 Å². The molecule has 3 heterocycles. The number of amides is 2. The van der Waals surface area contributed by atoms with Crippen LogP contribution >= 0.6 is 0 Å². The number of aryl methyl sites for hydroxylation is 1. The van der Waals surface area contributed by atoms with Crippen molar-refractivity contribution in [2.24, 2.45) is 0 Å². The summed E-state index contributed by atoms with van der Waals surface area (Å²) in [7, 11) is 0. The van der Waals surface area contributed by atoms with E-state index in [9.17, 15) is 9.59 Å². The van der Waals surface area contributed by atoms with E-state index in [4.69, 9.17) is 0 Å². The van der Waals surface area contributed by atoms with Gasteiger partial charge in [-0.2, -0.15) is 0 Å². The van der Waals surface area contributed by atoms with Gasteiger partial charge in [0.25, 0.3) is 5.56 Å². The fraction of sp³-hybridized carbons (Fsp3) is 0.300. The van der Waals surface area contributed by atoms with Crippen LogP contribution in [0.5, 0.6) is 0 Å². The number of unbranched alkanes of at least 4 members (excludes halogenated alkanes) is 1. The predicted molar refractivity (Wildman–Crippen MR) is 196 cm³/mol. The normalized spacial score (nSPS) is 11.1. The van der Waals surface area contributed by atoms with Gasteiger partial charge in [-0.3, -0.25) is 14.3 Å². The van der Waals surface area contributed by atoms with E-state index in [1.54, 1.807) is 17.0 Å². The van der Waals surface area contributed by atoms with Gasteiger partial charge in [0, 0.05) is 53.9 Å². The molecular formula is C40H44N6O2. The Labute approximate surface area is 283 Å². The highest BCUT2D eigenvalue weighted by Gasteiger charge is 2.22. The number of urea groups is 1. The van der Waals surface area contributed by atoms with Crippen molar-refractivity contribution in [3.05, 3.63) is 118 Å². The highest BCUT2D eigenvalue weighted by atomic mass is 16.2. The van der Waals surface area contributed by atoms with Crippen molar-refractivity contribution in [3.63, 3.8) is 0 Å². The van der Waals surface area contributed by atoms with Crippen LogP contribution < -0.4 is 21.5 Å². The molecule has 2 amide bonds. The molecule has 8 nitrogen and oxygen atoms in total. The molecule has 0 fully saturated rings. The number of hydrogen-bond donors (Lipinski definition) is 3. The number of rotatable bonds is 11. The summed E-state index contributed by atoms with van der Waals surface area (Å²) >= 11 is 0. The maximum absolute atomic E-state index is 14.3. The Morgan fingerprint density at radius 3 is 2.33 bits per heavy atom. The minimum absolute atomic E-state index is 0.196. The Balaban J connectivity index is 1.54. The highest BCUT2D eigenvalue weighted by Crippen LogP contribution is 2.35. The van der Waals surface area contributed by atoms with E-state index in [0.29, 0.717) is 30.8 Å². The van der Waals surface area contributed by atoms with E-state index in [1.165, 1.54) is 0 Å². The summed E-state index contributed by atoms with van der Waals surface area (Å²) in [5.41, 5.74) is 6.64. The summed E-state index contributed by atoms with van der Waals surface area (Å²) in [5, 5.41) is 10.2. The molecule has 0 radical (unpaired) electrons. The topological polar surface area (TPSA) is 101 Å². The van der Waals surface area contributed by atoms with Crippen molar-refractivity contribution in [2.75, 3.05) is 17.2 Å². The molecule has 0 saturated carbocycles. The molecule has 0 atom stereocenters. The standard InChI is InChI=1S/C40H44N6O2/c1-6-7-23-46-38-34(19-12-22-43-38)35(31-16-8-13-29(24-31)14-10-20-41-25-30-15-11-21-42-26-30)37(39(46)47)45-40(48)44-36-32(27(2)3)17-9-18-33(36)28(4)5/h8-9,11-13,15-19,21-22,24,26-28,41H,6-7,20,23,25H2,1-5H3,(H2,44,45,48). The summed E-state index contributed by atoms with van der Waals surface area (Å²) < 4.78 is 1.68. The van der Waals surface area contributed by atoms with E-state index in [0.717, 1.165) is 51.7 Å². The van der Waals surface area contributed by atoms with Crippen molar-refractivity contribution < 1.29 is 4.79 Å². The first-order valence-corrected chi connectivity index (χ1v) is 16.7. The van der Waals surface area contributed by atoms with Crippen molar-refractivity contribution in [1.29, 1.82) is 0 Å². The predicted octanol–water partition coefficient (Wildman–Crippen LogP) is 8.29. The lowest BCUT2D eigenvalue weighted by Crippen LogP contribution is -2.30. The molecule has 0 spiro atoms. The largest absolute Gasteiger partial charge is 0.323 e. The molecule has 2 aromatic carbocycles. The first kappa shape index (κ1) is 34.1. The van der Waals surface area contributed by atoms with Crippen LogP contribution in [0.4, 0.5) is 16.2 Å². The van der Waals surface area contributed by atoms with Crippen LogP contribution in [0.25, 0.3) is 22.2 Å². The Kier molecular flexibility index (Phi) is 11.4. The third kappa shape index (κ3) is 7.99. The molecule has 5 rings (SSSR count).